The third-order valence-corrected chi connectivity index (χ3v) is 3.26. The highest BCUT2D eigenvalue weighted by atomic mass is 127. The number of nitrogen functional groups attached to an aromatic ring is 1. The van der Waals surface area contributed by atoms with E-state index in [1.54, 1.807) is 6.07 Å². The number of phenolic OH excluding ortho intramolecular Hbond substituents is 1. The van der Waals surface area contributed by atoms with E-state index in [1.165, 1.54) is 6.07 Å². The molecule has 17 heavy (non-hydrogen) atoms. The molecule has 1 unspecified atom stereocenters. The predicted octanol–water partition coefficient (Wildman–Crippen LogP) is -0.504. The van der Waals surface area contributed by atoms with Gasteiger partial charge in [-0.25, -0.2) is 5.84 Å². The second-order valence-corrected chi connectivity index (χ2v) is 4.60. The second kappa shape index (κ2) is 6.15. The van der Waals surface area contributed by atoms with Gasteiger partial charge in [0.25, 0.3) is 5.91 Å². The van der Waals surface area contributed by atoms with E-state index in [2.05, 4.69) is 0 Å². The van der Waals surface area contributed by atoms with Crippen LogP contribution in [0.2, 0.25) is 0 Å². The van der Waals surface area contributed by atoms with Gasteiger partial charge < -0.3 is 15.3 Å². The topological polar surface area (TPSA) is 116 Å². The predicted molar refractivity (Wildman–Crippen MR) is 69.3 cm³/mol. The molecule has 0 heterocycles. The molecule has 1 rings (SSSR count). The Kier molecular flexibility index (Phi) is 5.12. The number of hydrogen-bond acceptors (Lipinski definition) is 5. The number of carbonyl (C=O) groups is 1. The van der Waals surface area contributed by atoms with Crippen LogP contribution in [0.3, 0.4) is 0 Å². The molecule has 0 saturated carbocycles. The Balaban J connectivity index is 3.15. The van der Waals surface area contributed by atoms with Crippen LogP contribution < -0.4 is 11.3 Å². The Bertz CT molecular complexity index is 425. The van der Waals surface area contributed by atoms with Gasteiger partial charge in [-0.05, 0) is 34.7 Å². The number of halogens is 1. The molecular weight excluding hydrogens is 339 g/mol. The van der Waals surface area contributed by atoms with Gasteiger partial charge in [0.1, 0.15) is 5.75 Å². The number of phenols is 1. The number of aliphatic hydroxyl groups is 2. The van der Waals surface area contributed by atoms with Gasteiger partial charge in [0.05, 0.1) is 18.3 Å². The second-order valence-electron chi connectivity index (χ2n) is 3.44. The van der Waals surface area contributed by atoms with Gasteiger partial charge in [-0.15, -0.1) is 0 Å². The Morgan fingerprint density at radius 3 is 2.71 bits per heavy atom. The smallest absolute Gasteiger partial charge is 0.268 e. The number of hydrogen-bond donors (Lipinski definition) is 5. The SMILES string of the molecule is NNC(=O)c1ccc(I)c(CC(O)CO)c1O. The van der Waals surface area contributed by atoms with Crippen LogP contribution in [-0.4, -0.2) is 33.9 Å². The third kappa shape index (κ3) is 3.28. The van der Waals surface area contributed by atoms with Gasteiger partial charge in [0.15, 0.2) is 0 Å². The zero-order valence-corrected chi connectivity index (χ0v) is 11.0. The first-order chi connectivity index (χ1) is 8.01. The Morgan fingerprint density at radius 2 is 2.18 bits per heavy atom. The van der Waals surface area contributed by atoms with E-state index in [4.69, 9.17) is 10.9 Å². The molecule has 1 aromatic carbocycles. The number of aliphatic hydroxyl groups excluding tert-OH is 2. The number of hydrazine groups is 1. The summed E-state index contributed by atoms with van der Waals surface area (Å²) in [5.74, 6) is 4.14. The average molecular weight is 352 g/mol. The van der Waals surface area contributed by atoms with Crippen molar-refractivity contribution in [3.63, 3.8) is 0 Å². The lowest BCUT2D eigenvalue weighted by molar-refractivity contribution is 0.0934. The van der Waals surface area contributed by atoms with E-state index in [9.17, 15) is 15.0 Å². The van der Waals surface area contributed by atoms with Crippen molar-refractivity contribution in [1.29, 1.82) is 0 Å². The molecule has 0 bridgehead atoms. The zero-order chi connectivity index (χ0) is 13.0. The molecule has 0 aromatic heterocycles. The van der Waals surface area contributed by atoms with E-state index in [0.29, 0.717) is 9.13 Å². The largest absolute Gasteiger partial charge is 0.507 e. The lowest BCUT2D eigenvalue weighted by atomic mass is 10.0. The maximum absolute atomic E-state index is 11.3. The van der Waals surface area contributed by atoms with Crippen molar-refractivity contribution in [2.75, 3.05) is 6.61 Å². The number of aromatic hydroxyl groups is 1. The lowest BCUT2D eigenvalue weighted by Gasteiger charge is -2.13. The standard InChI is InChI=1S/C10H13IN2O4/c11-8-2-1-6(10(17)13-12)9(16)7(8)3-5(15)4-14/h1-2,5,14-16H,3-4,12H2,(H,13,17). The van der Waals surface area contributed by atoms with Gasteiger partial charge >= 0.3 is 0 Å². The molecule has 0 saturated heterocycles. The van der Waals surface area contributed by atoms with E-state index in [0.717, 1.165) is 0 Å². The summed E-state index contributed by atoms with van der Waals surface area (Å²) in [6, 6.07) is 3.07. The molecule has 0 aliphatic heterocycles. The van der Waals surface area contributed by atoms with Gasteiger partial charge in [0, 0.05) is 15.6 Å². The fraction of sp³-hybridized carbons (Fsp3) is 0.300. The molecule has 7 heteroatoms. The number of amides is 1. The van der Waals surface area contributed by atoms with E-state index >= 15 is 0 Å². The summed E-state index contributed by atoms with van der Waals surface area (Å²) in [6.45, 7) is -0.414. The third-order valence-electron chi connectivity index (χ3n) is 2.25. The highest BCUT2D eigenvalue weighted by Crippen LogP contribution is 2.28. The minimum absolute atomic E-state index is 0.0352. The van der Waals surface area contributed by atoms with Crippen LogP contribution in [0, 0.1) is 3.57 Å². The number of rotatable bonds is 4. The molecular formula is C10H13IN2O4. The molecule has 0 aliphatic carbocycles. The van der Waals surface area contributed by atoms with Crippen molar-refractivity contribution in [2.24, 2.45) is 5.84 Å². The molecule has 1 atom stereocenters. The van der Waals surface area contributed by atoms with Gasteiger partial charge in [-0.2, -0.15) is 0 Å². The Morgan fingerprint density at radius 1 is 1.53 bits per heavy atom. The highest BCUT2D eigenvalue weighted by Gasteiger charge is 2.18. The van der Waals surface area contributed by atoms with Crippen molar-refractivity contribution in [1.82, 2.24) is 5.43 Å². The molecule has 0 radical (unpaired) electrons. The van der Waals surface area contributed by atoms with Crippen LogP contribution >= 0.6 is 22.6 Å². The van der Waals surface area contributed by atoms with E-state index < -0.39 is 18.6 Å². The zero-order valence-electron chi connectivity index (χ0n) is 8.85. The average Bonchev–Trinajstić information content (AvgIpc) is 2.33. The van der Waals surface area contributed by atoms with E-state index in [-0.39, 0.29) is 17.7 Å². The van der Waals surface area contributed by atoms with Crippen molar-refractivity contribution >= 4 is 28.5 Å². The van der Waals surface area contributed by atoms with Crippen molar-refractivity contribution in [2.45, 2.75) is 12.5 Å². The molecule has 6 N–H and O–H groups in total. The fourth-order valence-corrected chi connectivity index (χ4v) is 2.02. The van der Waals surface area contributed by atoms with Crippen molar-refractivity contribution < 1.29 is 20.1 Å². The summed E-state index contributed by atoms with van der Waals surface area (Å²) in [4.78, 5) is 11.3. The minimum Gasteiger partial charge on any atom is -0.507 e. The quantitative estimate of drug-likeness (QED) is 0.217. The Hall–Kier alpha value is -0.900. The maximum atomic E-state index is 11.3. The highest BCUT2D eigenvalue weighted by molar-refractivity contribution is 14.1. The first-order valence-electron chi connectivity index (χ1n) is 4.81. The fourth-order valence-electron chi connectivity index (χ4n) is 1.37. The molecule has 0 aliphatic rings. The van der Waals surface area contributed by atoms with Crippen LogP contribution in [0.25, 0.3) is 0 Å². The number of carbonyl (C=O) groups excluding carboxylic acids is 1. The maximum Gasteiger partial charge on any atom is 0.268 e. The molecule has 6 nitrogen and oxygen atoms in total. The summed E-state index contributed by atoms with van der Waals surface area (Å²) < 4.78 is 0.696. The monoisotopic (exact) mass is 352 g/mol. The lowest BCUT2D eigenvalue weighted by Crippen LogP contribution is -2.30. The summed E-state index contributed by atoms with van der Waals surface area (Å²) in [7, 11) is 0. The Labute approximate surface area is 112 Å². The van der Waals surface area contributed by atoms with Gasteiger partial charge in [-0.1, -0.05) is 0 Å². The van der Waals surface area contributed by atoms with Crippen LogP contribution in [0.1, 0.15) is 15.9 Å². The normalized spacial score (nSPS) is 12.2. The van der Waals surface area contributed by atoms with Gasteiger partial charge in [0.2, 0.25) is 0 Å². The van der Waals surface area contributed by atoms with Crippen LogP contribution in [0.5, 0.6) is 5.75 Å². The van der Waals surface area contributed by atoms with Crippen molar-refractivity contribution in [3.05, 3.63) is 26.8 Å². The first-order valence-corrected chi connectivity index (χ1v) is 5.89. The van der Waals surface area contributed by atoms with Crippen molar-refractivity contribution in [3.8, 4) is 5.75 Å². The summed E-state index contributed by atoms with van der Waals surface area (Å²) in [5.41, 5.74) is 2.37. The summed E-state index contributed by atoms with van der Waals surface area (Å²) >= 11 is 1.97. The van der Waals surface area contributed by atoms with Crippen LogP contribution in [-0.2, 0) is 6.42 Å². The molecule has 94 valence electrons. The summed E-state index contributed by atoms with van der Waals surface area (Å²) in [5, 5.41) is 28.0. The summed E-state index contributed by atoms with van der Waals surface area (Å²) in [6.07, 6.45) is -0.919. The van der Waals surface area contributed by atoms with Crippen LogP contribution in [0.4, 0.5) is 0 Å². The molecule has 0 fully saturated rings. The first kappa shape index (κ1) is 14.2. The van der Waals surface area contributed by atoms with E-state index in [1.807, 2.05) is 28.0 Å². The minimum atomic E-state index is -0.981. The molecule has 0 spiro atoms. The van der Waals surface area contributed by atoms with Gasteiger partial charge in [-0.3, -0.25) is 10.2 Å². The number of nitrogens with one attached hydrogen (secondary N) is 1. The number of benzene rings is 1. The number of nitrogens with two attached hydrogens (primary N) is 1. The molecule has 1 aromatic rings. The molecule has 1 amide bonds. The van der Waals surface area contributed by atoms with Crippen LogP contribution in [0.15, 0.2) is 12.1 Å².